The van der Waals surface area contributed by atoms with Crippen LogP contribution in [0.15, 0.2) is 66.9 Å². The van der Waals surface area contributed by atoms with Gasteiger partial charge in [-0.25, -0.2) is 4.68 Å². The molecule has 0 radical (unpaired) electrons. The van der Waals surface area contributed by atoms with Crippen molar-refractivity contribution in [3.8, 4) is 5.69 Å². The van der Waals surface area contributed by atoms with Gasteiger partial charge in [-0.15, -0.1) is 0 Å². The lowest BCUT2D eigenvalue weighted by atomic mass is 10.1. The maximum absolute atomic E-state index is 12.7. The molecule has 2 N–H and O–H groups in total. The van der Waals surface area contributed by atoms with Crippen molar-refractivity contribution in [2.24, 2.45) is 0 Å². The number of rotatable bonds is 4. The second-order valence-electron chi connectivity index (χ2n) is 7.18. The number of para-hydroxylation sites is 1. The maximum atomic E-state index is 12.7. The van der Waals surface area contributed by atoms with Gasteiger partial charge in [0.2, 0.25) is 0 Å². The Labute approximate surface area is 158 Å². The average Bonchev–Trinajstić information content (AvgIpc) is 3.05. The minimum absolute atomic E-state index is 0.298. The summed E-state index contributed by atoms with van der Waals surface area (Å²) in [7, 11) is 0. The summed E-state index contributed by atoms with van der Waals surface area (Å²) in [6, 6.07) is 18.2. The first-order valence-electron chi connectivity index (χ1n) is 8.67. The van der Waals surface area contributed by atoms with Gasteiger partial charge < -0.3 is 10.6 Å². The molecule has 27 heavy (non-hydrogen) atoms. The first-order chi connectivity index (χ1) is 12.8. The largest absolute Gasteiger partial charge is 0.347 e. The molecule has 0 atom stereocenters. The molecule has 0 fully saturated rings. The van der Waals surface area contributed by atoms with Gasteiger partial charge in [0.25, 0.3) is 11.8 Å². The quantitative estimate of drug-likeness (QED) is 0.744. The lowest BCUT2D eigenvalue weighted by Crippen LogP contribution is -2.40. The molecule has 0 spiro atoms. The molecule has 1 heterocycles. The smallest absolute Gasteiger partial charge is 0.257 e. The van der Waals surface area contributed by atoms with Gasteiger partial charge >= 0.3 is 0 Å². The van der Waals surface area contributed by atoms with Crippen LogP contribution in [0.1, 0.15) is 41.5 Å². The number of hydrogen-bond donors (Lipinski definition) is 2. The number of aromatic nitrogens is 2. The van der Waals surface area contributed by atoms with E-state index >= 15 is 0 Å². The van der Waals surface area contributed by atoms with Crippen LogP contribution in [0.3, 0.4) is 0 Å². The topological polar surface area (TPSA) is 76.0 Å². The summed E-state index contributed by atoms with van der Waals surface area (Å²) < 4.78 is 1.55. The van der Waals surface area contributed by atoms with Gasteiger partial charge in [0.15, 0.2) is 0 Å². The second kappa shape index (κ2) is 7.45. The predicted molar refractivity (Wildman–Crippen MR) is 105 cm³/mol. The lowest BCUT2D eigenvalue weighted by Gasteiger charge is -2.20. The molecule has 1 aromatic heterocycles. The second-order valence-corrected chi connectivity index (χ2v) is 7.18. The van der Waals surface area contributed by atoms with Crippen LogP contribution in [0.4, 0.5) is 5.82 Å². The Kier molecular flexibility index (Phi) is 5.07. The zero-order chi connectivity index (χ0) is 19.4. The highest BCUT2D eigenvalue weighted by molar-refractivity contribution is 6.08. The summed E-state index contributed by atoms with van der Waals surface area (Å²) in [5.41, 5.74) is 1.14. The molecule has 0 bridgehead atoms. The molecule has 0 unspecified atom stereocenters. The van der Waals surface area contributed by atoms with E-state index in [9.17, 15) is 9.59 Å². The fourth-order valence-corrected chi connectivity index (χ4v) is 2.58. The number of nitrogens with one attached hydrogen (secondary N) is 2. The van der Waals surface area contributed by atoms with Crippen molar-refractivity contribution in [2.75, 3.05) is 5.32 Å². The minimum atomic E-state index is -0.410. The highest BCUT2D eigenvalue weighted by Gasteiger charge is 2.23. The molecule has 0 aliphatic carbocycles. The molecule has 2 amide bonds. The molecular formula is C21H22N4O2. The molecule has 138 valence electrons. The maximum Gasteiger partial charge on any atom is 0.257 e. The Morgan fingerprint density at radius 2 is 1.48 bits per heavy atom. The molecule has 3 aromatic rings. The number of carbonyl (C=O) groups excluding carboxylic acids is 2. The molecule has 6 heteroatoms. The number of carbonyl (C=O) groups is 2. The number of benzene rings is 2. The summed E-state index contributed by atoms with van der Waals surface area (Å²) in [6.45, 7) is 5.69. The van der Waals surface area contributed by atoms with E-state index in [4.69, 9.17) is 0 Å². The van der Waals surface area contributed by atoms with Crippen molar-refractivity contribution in [1.29, 1.82) is 0 Å². The number of hydrogen-bond acceptors (Lipinski definition) is 3. The van der Waals surface area contributed by atoms with E-state index in [1.165, 1.54) is 6.20 Å². The minimum Gasteiger partial charge on any atom is -0.347 e. The first-order valence-corrected chi connectivity index (χ1v) is 8.67. The first kappa shape index (κ1) is 18.4. The van der Waals surface area contributed by atoms with E-state index < -0.39 is 5.54 Å². The molecule has 0 saturated heterocycles. The predicted octanol–water partition coefficient (Wildman–Crippen LogP) is 3.65. The van der Waals surface area contributed by atoms with Crippen LogP contribution in [0.5, 0.6) is 0 Å². The summed E-state index contributed by atoms with van der Waals surface area (Å²) in [5, 5.41) is 10.1. The molecule has 0 aliphatic heterocycles. The van der Waals surface area contributed by atoms with E-state index in [2.05, 4.69) is 15.7 Å². The van der Waals surface area contributed by atoms with Gasteiger partial charge in [0.05, 0.1) is 11.9 Å². The third-order valence-corrected chi connectivity index (χ3v) is 3.77. The fourth-order valence-electron chi connectivity index (χ4n) is 2.58. The SMILES string of the molecule is CC(C)(C)NC(=O)c1cnn(-c2ccccc2)c1NC(=O)c1ccccc1. The number of amides is 2. The highest BCUT2D eigenvalue weighted by atomic mass is 16.2. The van der Waals surface area contributed by atoms with E-state index in [1.807, 2.05) is 57.2 Å². The molecule has 6 nitrogen and oxygen atoms in total. The Morgan fingerprint density at radius 1 is 0.889 bits per heavy atom. The van der Waals surface area contributed by atoms with Crippen molar-refractivity contribution in [2.45, 2.75) is 26.3 Å². The van der Waals surface area contributed by atoms with Crippen LogP contribution in [-0.2, 0) is 0 Å². The Bertz CT molecular complexity index is 941. The zero-order valence-corrected chi connectivity index (χ0v) is 15.6. The normalized spacial score (nSPS) is 11.1. The van der Waals surface area contributed by atoms with Crippen LogP contribution in [0, 0.1) is 0 Å². The summed E-state index contributed by atoms with van der Waals surface area (Å²) in [5.74, 6) is -0.275. The van der Waals surface area contributed by atoms with Gasteiger partial charge in [-0.05, 0) is 45.0 Å². The molecular weight excluding hydrogens is 340 g/mol. The number of nitrogens with zero attached hydrogens (tertiary/aromatic N) is 2. The van der Waals surface area contributed by atoms with Gasteiger partial charge in [-0.3, -0.25) is 9.59 Å². The summed E-state index contributed by atoms with van der Waals surface area (Å²) >= 11 is 0. The Hall–Kier alpha value is -3.41. The van der Waals surface area contributed by atoms with Gasteiger partial charge in [-0.2, -0.15) is 5.10 Å². The van der Waals surface area contributed by atoms with E-state index in [0.29, 0.717) is 16.9 Å². The van der Waals surface area contributed by atoms with E-state index in [1.54, 1.807) is 28.9 Å². The van der Waals surface area contributed by atoms with Crippen LogP contribution < -0.4 is 10.6 Å². The van der Waals surface area contributed by atoms with Crippen molar-refractivity contribution in [1.82, 2.24) is 15.1 Å². The van der Waals surface area contributed by atoms with Crippen LogP contribution >= 0.6 is 0 Å². The van der Waals surface area contributed by atoms with Crippen molar-refractivity contribution < 1.29 is 9.59 Å². The summed E-state index contributed by atoms with van der Waals surface area (Å²) in [4.78, 5) is 25.4. The monoisotopic (exact) mass is 362 g/mol. The van der Waals surface area contributed by atoms with E-state index in [0.717, 1.165) is 5.69 Å². The number of anilines is 1. The Balaban J connectivity index is 2.01. The van der Waals surface area contributed by atoms with Crippen molar-refractivity contribution in [3.63, 3.8) is 0 Å². The molecule has 0 saturated carbocycles. The zero-order valence-electron chi connectivity index (χ0n) is 15.6. The summed E-state index contributed by atoms with van der Waals surface area (Å²) in [6.07, 6.45) is 1.47. The average molecular weight is 362 g/mol. The Morgan fingerprint density at radius 3 is 2.07 bits per heavy atom. The fraction of sp³-hybridized carbons (Fsp3) is 0.190. The molecule has 0 aliphatic rings. The van der Waals surface area contributed by atoms with Crippen LogP contribution in [-0.4, -0.2) is 27.1 Å². The molecule has 2 aromatic carbocycles. The lowest BCUT2D eigenvalue weighted by molar-refractivity contribution is 0.0920. The third kappa shape index (κ3) is 4.41. The van der Waals surface area contributed by atoms with Gasteiger partial charge in [0, 0.05) is 11.1 Å². The van der Waals surface area contributed by atoms with Gasteiger partial charge in [0.1, 0.15) is 11.4 Å². The van der Waals surface area contributed by atoms with Crippen molar-refractivity contribution >= 4 is 17.6 Å². The van der Waals surface area contributed by atoms with Crippen LogP contribution in [0.2, 0.25) is 0 Å². The van der Waals surface area contributed by atoms with E-state index in [-0.39, 0.29) is 11.8 Å². The third-order valence-electron chi connectivity index (χ3n) is 3.77. The van der Waals surface area contributed by atoms with Gasteiger partial charge in [-0.1, -0.05) is 36.4 Å². The molecule has 3 rings (SSSR count). The highest BCUT2D eigenvalue weighted by Crippen LogP contribution is 2.22. The van der Waals surface area contributed by atoms with Crippen molar-refractivity contribution in [3.05, 3.63) is 78.0 Å². The van der Waals surface area contributed by atoms with Crippen LogP contribution in [0.25, 0.3) is 5.69 Å². The standard InChI is InChI=1S/C21H22N4O2/c1-21(2,3)24-20(27)17-14-22-25(16-12-8-5-9-13-16)18(17)23-19(26)15-10-6-4-7-11-15/h4-14H,1-3H3,(H,23,26)(H,24,27).